The summed E-state index contributed by atoms with van der Waals surface area (Å²) < 4.78 is 3.95. The van der Waals surface area contributed by atoms with Crippen LogP contribution in [0.2, 0.25) is 0 Å². The first-order valence-electron chi connectivity index (χ1n) is 5.04. The molecule has 1 saturated carbocycles. The fraction of sp³-hybridized carbons (Fsp3) is 0.556. The quantitative estimate of drug-likeness (QED) is 0.683. The highest BCUT2D eigenvalue weighted by molar-refractivity contribution is 7.09. The number of nitrogen functional groups attached to an aromatic ring is 1. The smallest absolute Gasteiger partial charge is 0.274 e. The van der Waals surface area contributed by atoms with E-state index in [9.17, 15) is 4.79 Å². The second-order valence-electron chi connectivity index (χ2n) is 3.65. The molecular formula is C9H12Cl2N4OS. The van der Waals surface area contributed by atoms with Gasteiger partial charge >= 0.3 is 0 Å². The van der Waals surface area contributed by atoms with Crippen LogP contribution < -0.4 is 5.73 Å². The van der Waals surface area contributed by atoms with E-state index in [1.54, 1.807) is 0 Å². The Hall–Kier alpha value is -0.720. The van der Waals surface area contributed by atoms with Gasteiger partial charge in [-0.15, -0.1) is 12.4 Å². The lowest BCUT2D eigenvalue weighted by Crippen LogP contribution is -2.15. The number of nitrogens with two attached hydrogens (primary N) is 1. The van der Waals surface area contributed by atoms with Gasteiger partial charge in [0.05, 0.1) is 6.04 Å². The average molecular weight is 295 g/mol. The number of rotatable bonds is 3. The predicted octanol–water partition coefficient (Wildman–Crippen LogP) is 2.04. The first-order valence-corrected chi connectivity index (χ1v) is 6.19. The van der Waals surface area contributed by atoms with Gasteiger partial charge in [0.1, 0.15) is 0 Å². The third kappa shape index (κ3) is 3.62. The van der Waals surface area contributed by atoms with Gasteiger partial charge in [0.25, 0.3) is 5.24 Å². The molecule has 2 rings (SSSR count). The Morgan fingerprint density at radius 3 is 2.59 bits per heavy atom. The number of hydrogen-bond acceptors (Lipinski definition) is 6. The highest BCUT2D eigenvalue weighted by atomic mass is 35.5. The first kappa shape index (κ1) is 14.3. The van der Waals surface area contributed by atoms with Crippen molar-refractivity contribution in [3.05, 3.63) is 5.82 Å². The molecule has 0 radical (unpaired) electrons. The average Bonchev–Trinajstić information content (AvgIpc) is 2.84. The summed E-state index contributed by atoms with van der Waals surface area (Å²) in [5.41, 5.74) is 5.60. The number of anilines is 1. The van der Waals surface area contributed by atoms with Crippen LogP contribution in [0.4, 0.5) is 5.13 Å². The van der Waals surface area contributed by atoms with Crippen LogP contribution in [0.25, 0.3) is 0 Å². The van der Waals surface area contributed by atoms with Crippen LogP contribution in [-0.4, -0.2) is 26.4 Å². The van der Waals surface area contributed by atoms with Gasteiger partial charge in [-0.25, -0.2) is 0 Å². The number of carbonyl (C=O) groups excluding carboxylic acids is 1. The zero-order valence-corrected chi connectivity index (χ0v) is 11.3. The topological polar surface area (TPSA) is 81.2 Å². The maximum Gasteiger partial charge on any atom is 0.274 e. The van der Waals surface area contributed by atoms with Gasteiger partial charge in [-0.05, 0) is 24.4 Å². The van der Waals surface area contributed by atoms with E-state index in [4.69, 9.17) is 17.3 Å². The van der Waals surface area contributed by atoms with Gasteiger partial charge < -0.3 is 5.73 Å². The zero-order valence-electron chi connectivity index (χ0n) is 8.93. The monoisotopic (exact) mass is 294 g/mol. The number of carbonyl (C=O) groups is 1. The van der Waals surface area contributed by atoms with Gasteiger partial charge in [0.2, 0.25) is 0 Å². The van der Waals surface area contributed by atoms with Crippen molar-refractivity contribution in [1.82, 2.24) is 9.36 Å². The number of aromatic nitrogens is 2. The lowest BCUT2D eigenvalue weighted by molar-refractivity contribution is -0.106. The zero-order chi connectivity index (χ0) is 11.5. The molecule has 1 fully saturated rings. The van der Waals surface area contributed by atoms with Crippen LogP contribution in [0.3, 0.4) is 0 Å². The Balaban J connectivity index is 0.00000144. The van der Waals surface area contributed by atoms with Gasteiger partial charge in [-0.1, -0.05) is 12.8 Å². The summed E-state index contributed by atoms with van der Waals surface area (Å²) in [6.45, 7) is 0. The minimum Gasteiger partial charge on any atom is -0.374 e. The lowest BCUT2D eigenvalue weighted by Gasteiger charge is -2.03. The van der Waals surface area contributed by atoms with E-state index in [2.05, 4.69) is 14.3 Å². The predicted molar refractivity (Wildman–Crippen MR) is 71.2 cm³/mol. The summed E-state index contributed by atoms with van der Waals surface area (Å²) in [6, 6.07) is 0.169. The third-order valence-electron chi connectivity index (χ3n) is 2.48. The minimum absolute atomic E-state index is 0. The van der Waals surface area contributed by atoms with E-state index in [1.165, 1.54) is 0 Å². The summed E-state index contributed by atoms with van der Waals surface area (Å²) in [5, 5.41) is -0.309. The molecule has 0 amide bonds. The van der Waals surface area contributed by atoms with Crippen LogP contribution in [0.15, 0.2) is 4.99 Å². The van der Waals surface area contributed by atoms with Gasteiger partial charge in [-0.3, -0.25) is 9.79 Å². The molecule has 1 heterocycles. The summed E-state index contributed by atoms with van der Waals surface area (Å²) >= 11 is 6.51. The van der Waals surface area contributed by atoms with Crippen molar-refractivity contribution in [2.45, 2.75) is 31.7 Å². The van der Waals surface area contributed by atoms with Gasteiger partial charge in [-0.2, -0.15) is 9.36 Å². The van der Waals surface area contributed by atoms with Crippen molar-refractivity contribution in [3.63, 3.8) is 0 Å². The molecule has 0 unspecified atom stereocenters. The molecule has 8 heteroatoms. The number of halogens is 2. The second kappa shape index (κ2) is 6.28. The molecule has 5 nitrogen and oxygen atoms in total. The maximum atomic E-state index is 11.3. The molecule has 1 aromatic heterocycles. The normalized spacial score (nSPS) is 16.9. The van der Waals surface area contributed by atoms with E-state index in [1.807, 2.05) is 0 Å². The molecule has 1 aromatic rings. The molecule has 1 aliphatic carbocycles. The fourth-order valence-corrected chi connectivity index (χ4v) is 2.31. The van der Waals surface area contributed by atoms with Crippen LogP contribution in [-0.2, 0) is 4.79 Å². The molecule has 2 N–H and O–H groups in total. The highest BCUT2D eigenvalue weighted by Crippen LogP contribution is 2.22. The van der Waals surface area contributed by atoms with Gasteiger partial charge in [0.15, 0.2) is 16.7 Å². The second-order valence-corrected chi connectivity index (χ2v) is 4.77. The number of nitrogens with zero attached hydrogens (tertiary/aromatic N) is 3. The van der Waals surface area contributed by atoms with Crippen LogP contribution in [0.5, 0.6) is 0 Å². The number of aliphatic imine (C=N–C) groups is 1. The van der Waals surface area contributed by atoms with Crippen LogP contribution in [0.1, 0.15) is 31.5 Å². The summed E-state index contributed by atoms with van der Waals surface area (Å²) in [6.07, 6.45) is 4.27. The highest BCUT2D eigenvalue weighted by Gasteiger charge is 2.21. The van der Waals surface area contributed by atoms with E-state index in [-0.39, 0.29) is 30.0 Å². The van der Waals surface area contributed by atoms with Crippen molar-refractivity contribution in [1.29, 1.82) is 0 Å². The van der Waals surface area contributed by atoms with E-state index < -0.39 is 5.24 Å². The molecule has 0 aromatic carbocycles. The summed E-state index contributed by atoms with van der Waals surface area (Å²) in [5.74, 6) is 0.245. The van der Waals surface area contributed by atoms with Crippen molar-refractivity contribution in [2.24, 2.45) is 4.99 Å². The van der Waals surface area contributed by atoms with Gasteiger partial charge in [0, 0.05) is 11.5 Å². The lowest BCUT2D eigenvalue weighted by atomic mass is 10.2. The Kier molecular flexibility index (Phi) is 5.30. The van der Waals surface area contributed by atoms with Crippen molar-refractivity contribution in [2.75, 3.05) is 5.73 Å². The molecule has 17 heavy (non-hydrogen) atoms. The van der Waals surface area contributed by atoms with E-state index >= 15 is 0 Å². The van der Waals surface area contributed by atoms with E-state index in [0.29, 0.717) is 5.13 Å². The third-order valence-corrected chi connectivity index (χ3v) is 3.20. The maximum absolute atomic E-state index is 11.3. The molecule has 0 atom stereocenters. The van der Waals surface area contributed by atoms with Crippen molar-refractivity contribution < 1.29 is 4.79 Å². The Morgan fingerprint density at radius 2 is 2.12 bits per heavy atom. The Morgan fingerprint density at radius 1 is 1.47 bits per heavy atom. The largest absolute Gasteiger partial charge is 0.374 e. The molecule has 0 saturated heterocycles. The summed E-state index contributed by atoms with van der Waals surface area (Å²) in [7, 11) is 0. The molecule has 0 bridgehead atoms. The SMILES string of the molecule is Cl.Nc1nc(/C(=N\C2CCCC2)C(=O)Cl)ns1. The standard InChI is InChI=1S/C9H11ClN4OS.ClH/c10-7(15)6(8-13-9(11)16-14-8)12-5-3-1-2-4-5;/h5H,1-4H2,(H2,11,13,14);1H/b12-6-;. The van der Waals surface area contributed by atoms with Crippen LogP contribution in [0, 0.1) is 0 Å². The molecule has 94 valence electrons. The number of hydrogen-bond donors (Lipinski definition) is 1. The Labute approximate surface area is 114 Å². The molecule has 0 spiro atoms. The fourth-order valence-electron chi connectivity index (χ4n) is 1.74. The van der Waals surface area contributed by atoms with Crippen molar-refractivity contribution >= 4 is 51.6 Å². The molecular weight excluding hydrogens is 283 g/mol. The summed E-state index contributed by atoms with van der Waals surface area (Å²) in [4.78, 5) is 19.5. The van der Waals surface area contributed by atoms with E-state index in [0.717, 1.165) is 37.2 Å². The molecule has 1 aliphatic rings. The first-order chi connectivity index (χ1) is 7.66. The van der Waals surface area contributed by atoms with Crippen LogP contribution >= 0.6 is 35.5 Å². The minimum atomic E-state index is -0.621. The Bertz CT molecular complexity index is 428. The molecule has 0 aliphatic heterocycles. The van der Waals surface area contributed by atoms with Crippen molar-refractivity contribution in [3.8, 4) is 0 Å².